The summed E-state index contributed by atoms with van der Waals surface area (Å²) in [6.45, 7) is 10.0. The maximum absolute atomic E-state index is 5.55. The fourth-order valence-corrected chi connectivity index (χ4v) is 2.30. The number of morpholine rings is 1. The molecule has 1 saturated heterocycles. The molecule has 18 heavy (non-hydrogen) atoms. The second kappa shape index (κ2) is 6.16. The zero-order valence-corrected chi connectivity index (χ0v) is 11.5. The highest BCUT2D eigenvalue weighted by molar-refractivity contribution is 5.45. The van der Waals surface area contributed by atoms with Crippen LogP contribution in [0.3, 0.4) is 0 Å². The van der Waals surface area contributed by atoms with Crippen LogP contribution in [-0.4, -0.2) is 37.3 Å². The number of nitrogens with zero attached hydrogens (tertiary/aromatic N) is 2. The van der Waals surface area contributed by atoms with Crippen LogP contribution >= 0.6 is 0 Å². The number of hydrogen-bond acceptors (Lipinski definition) is 4. The second-order valence-corrected chi connectivity index (χ2v) is 4.85. The number of aromatic nitrogens is 1. The average molecular weight is 249 g/mol. The first-order chi connectivity index (χ1) is 8.70. The summed E-state index contributed by atoms with van der Waals surface area (Å²) in [6, 6.07) is 4.59. The van der Waals surface area contributed by atoms with Crippen molar-refractivity contribution in [1.29, 1.82) is 0 Å². The predicted octanol–water partition coefficient (Wildman–Crippen LogP) is 1.98. The van der Waals surface area contributed by atoms with E-state index in [1.54, 1.807) is 0 Å². The van der Waals surface area contributed by atoms with Crippen molar-refractivity contribution < 1.29 is 4.74 Å². The molecule has 0 aromatic carbocycles. The van der Waals surface area contributed by atoms with Crippen LogP contribution in [0.2, 0.25) is 0 Å². The Kier molecular flexibility index (Phi) is 4.55. The quantitative estimate of drug-likeness (QED) is 0.885. The van der Waals surface area contributed by atoms with Crippen LogP contribution < -0.4 is 10.2 Å². The van der Waals surface area contributed by atoms with E-state index in [0.29, 0.717) is 12.1 Å². The van der Waals surface area contributed by atoms with Gasteiger partial charge in [0, 0.05) is 19.1 Å². The van der Waals surface area contributed by atoms with Gasteiger partial charge in [-0.1, -0.05) is 6.92 Å². The van der Waals surface area contributed by atoms with Crippen LogP contribution in [0.4, 0.5) is 5.69 Å². The van der Waals surface area contributed by atoms with Gasteiger partial charge in [-0.15, -0.1) is 0 Å². The minimum absolute atomic E-state index is 0.305. The summed E-state index contributed by atoms with van der Waals surface area (Å²) in [4.78, 5) is 6.89. The smallest absolute Gasteiger partial charge is 0.0722 e. The van der Waals surface area contributed by atoms with Crippen molar-refractivity contribution >= 4 is 5.69 Å². The van der Waals surface area contributed by atoms with Crippen LogP contribution in [0.1, 0.15) is 32.5 Å². The third-order valence-electron chi connectivity index (χ3n) is 3.33. The average Bonchev–Trinajstić information content (AvgIpc) is 2.39. The van der Waals surface area contributed by atoms with Gasteiger partial charge in [0.1, 0.15) is 0 Å². The minimum atomic E-state index is 0.305. The van der Waals surface area contributed by atoms with E-state index < -0.39 is 0 Å². The van der Waals surface area contributed by atoms with Crippen molar-refractivity contribution in [2.45, 2.75) is 32.9 Å². The van der Waals surface area contributed by atoms with Crippen LogP contribution in [-0.2, 0) is 4.74 Å². The van der Waals surface area contributed by atoms with Crippen molar-refractivity contribution in [2.75, 3.05) is 31.1 Å². The molecular weight excluding hydrogens is 226 g/mol. The van der Waals surface area contributed by atoms with Crippen molar-refractivity contribution in [2.24, 2.45) is 0 Å². The number of hydrogen-bond donors (Lipinski definition) is 1. The maximum Gasteiger partial charge on any atom is 0.0722 e. The molecule has 2 unspecified atom stereocenters. The third-order valence-corrected chi connectivity index (χ3v) is 3.33. The number of ether oxygens (including phenoxy) is 1. The zero-order valence-electron chi connectivity index (χ0n) is 11.5. The van der Waals surface area contributed by atoms with Crippen molar-refractivity contribution in [3.8, 4) is 0 Å². The Bertz CT molecular complexity index is 366. The lowest BCUT2D eigenvalue weighted by atomic mass is 10.2. The molecule has 1 aromatic heterocycles. The molecule has 100 valence electrons. The van der Waals surface area contributed by atoms with Crippen LogP contribution in [0.15, 0.2) is 18.3 Å². The van der Waals surface area contributed by atoms with Gasteiger partial charge in [0.05, 0.1) is 30.3 Å². The third kappa shape index (κ3) is 3.21. The molecule has 0 radical (unpaired) electrons. The van der Waals surface area contributed by atoms with E-state index in [9.17, 15) is 0 Å². The highest BCUT2D eigenvalue weighted by Crippen LogP contribution is 2.18. The van der Waals surface area contributed by atoms with E-state index in [0.717, 1.165) is 31.9 Å². The fraction of sp³-hybridized carbons (Fsp3) is 0.643. The van der Waals surface area contributed by atoms with Gasteiger partial charge in [0.2, 0.25) is 0 Å². The van der Waals surface area contributed by atoms with Gasteiger partial charge in [-0.3, -0.25) is 4.98 Å². The molecule has 1 fully saturated rings. The molecule has 0 aliphatic carbocycles. The van der Waals surface area contributed by atoms with Gasteiger partial charge in [-0.05, 0) is 32.5 Å². The maximum atomic E-state index is 5.55. The van der Waals surface area contributed by atoms with Crippen LogP contribution in [0.5, 0.6) is 0 Å². The van der Waals surface area contributed by atoms with E-state index in [1.807, 2.05) is 6.20 Å². The van der Waals surface area contributed by atoms with Crippen molar-refractivity contribution in [3.63, 3.8) is 0 Å². The highest BCUT2D eigenvalue weighted by atomic mass is 16.5. The molecule has 0 amide bonds. The first-order valence-corrected chi connectivity index (χ1v) is 6.76. The molecule has 1 aliphatic rings. The predicted molar refractivity (Wildman–Crippen MR) is 74.0 cm³/mol. The topological polar surface area (TPSA) is 37.4 Å². The SMILES string of the molecule is CCNC(C)c1ccc(N2CCOC(C)C2)cn1. The van der Waals surface area contributed by atoms with Gasteiger partial charge < -0.3 is 15.0 Å². The van der Waals surface area contributed by atoms with E-state index in [-0.39, 0.29) is 0 Å². The molecule has 0 bridgehead atoms. The summed E-state index contributed by atoms with van der Waals surface area (Å²) >= 11 is 0. The summed E-state index contributed by atoms with van der Waals surface area (Å²) in [5.41, 5.74) is 2.29. The minimum Gasteiger partial charge on any atom is -0.375 e. The zero-order chi connectivity index (χ0) is 13.0. The largest absolute Gasteiger partial charge is 0.375 e. The fourth-order valence-electron chi connectivity index (χ4n) is 2.30. The number of anilines is 1. The molecule has 0 saturated carbocycles. The summed E-state index contributed by atoms with van der Waals surface area (Å²) in [6.07, 6.45) is 2.28. The Morgan fingerprint density at radius 3 is 3.00 bits per heavy atom. The molecule has 4 nitrogen and oxygen atoms in total. The molecule has 2 atom stereocenters. The molecule has 2 rings (SSSR count). The number of rotatable bonds is 4. The molecule has 0 spiro atoms. The first-order valence-electron chi connectivity index (χ1n) is 6.76. The standard InChI is InChI=1S/C14H23N3O/c1-4-15-12(3)14-6-5-13(9-16-14)17-7-8-18-11(2)10-17/h5-6,9,11-12,15H,4,7-8,10H2,1-3H3. The van der Waals surface area contributed by atoms with E-state index >= 15 is 0 Å². The van der Waals surface area contributed by atoms with Gasteiger partial charge in [0.15, 0.2) is 0 Å². The first kappa shape index (κ1) is 13.3. The Morgan fingerprint density at radius 2 is 2.39 bits per heavy atom. The summed E-state index contributed by atoms with van der Waals surface area (Å²) in [5.74, 6) is 0. The second-order valence-electron chi connectivity index (χ2n) is 4.85. The number of nitrogens with one attached hydrogen (secondary N) is 1. The van der Waals surface area contributed by atoms with Gasteiger partial charge in [-0.2, -0.15) is 0 Å². The molecular formula is C14H23N3O. The van der Waals surface area contributed by atoms with Crippen molar-refractivity contribution in [3.05, 3.63) is 24.0 Å². The molecule has 1 aromatic rings. The summed E-state index contributed by atoms with van der Waals surface area (Å²) in [7, 11) is 0. The van der Waals surface area contributed by atoms with Crippen molar-refractivity contribution in [1.82, 2.24) is 10.3 Å². The Balaban J connectivity index is 2.02. The van der Waals surface area contributed by atoms with Gasteiger partial charge >= 0.3 is 0 Å². The molecule has 1 N–H and O–H groups in total. The van der Waals surface area contributed by atoms with Crippen LogP contribution in [0.25, 0.3) is 0 Å². The number of pyridine rings is 1. The molecule has 2 heterocycles. The Hall–Kier alpha value is -1.13. The van der Waals surface area contributed by atoms with E-state index in [2.05, 4.69) is 48.1 Å². The Labute approximate surface area is 109 Å². The van der Waals surface area contributed by atoms with Gasteiger partial charge in [0.25, 0.3) is 0 Å². The lowest BCUT2D eigenvalue weighted by Gasteiger charge is -2.32. The van der Waals surface area contributed by atoms with E-state index in [1.165, 1.54) is 5.69 Å². The molecule has 1 aliphatic heterocycles. The highest BCUT2D eigenvalue weighted by Gasteiger charge is 2.17. The van der Waals surface area contributed by atoms with Gasteiger partial charge in [-0.25, -0.2) is 0 Å². The lowest BCUT2D eigenvalue weighted by Crippen LogP contribution is -2.41. The summed E-state index contributed by atoms with van der Waals surface area (Å²) in [5, 5.41) is 3.37. The van der Waals surface area contributed by atoms with Crippen LogP contribution in [0, 0.1) is 0 Å². The lowest BCUT2D eigenvalue weighted by molar-refractivity contribution is 0.0532. The molecule has 4 heteroatoms. The Morgan fingerprint density at radius 1 is 1.56 bits per heavy atom. The monoisotopic (exact) mass is 249 g/mol. The normalized spacial score (nSPS) is 21.9. The van der Waals surface area contributed by atoms with E-state index in [4.69, 9.17) is 4.74 Å². The summed E-state index contributed by atoms with van der Waals surface area (Å²) < 4.78 is 5.55.